The van der Waals surface area contributed by atoms with Crippen molar-refractivity contribution in [2.45, 2.75) is 38.0 Å². The molecule has 1 aliphatic rings. The molecule has 1 aromatic heterocycles. The Kier molecular flexibility index (Phi) is 3.28. The molecule has 1 aromatic carbocycles. The van der Waals surface area contributed by atoms with Crippen LogP contribution >= 0.6 is 15.9 Å². The zero-order valence-electron chi connectivity index (χ0n) is 11.7. The molecule has 0 amide bonds. The number of hydrogen-bond donors (Lipinski definition) is 1. The van der Waals surface area contributed by atoms with E-state index >= 15 is 0 Å². The van der Waals surface area contributed by atoms with Gasteiger partial charge in [-0.05, 0) is 40.3 Å². The molecule has 0 saturated heterocycles. The number of nitrogens with zero attached hydrogens (tertiary/aromatic N) is 2. The van der Waals surface area contributed by atoms with Gasteiger partial charge in [-0.1, -0.05) is 44.2 Å². The smallest absolute Gasteiger partial charge is 0.141 e. The van der Waals surface area contributed by atoms with Gasteiger partial charge in [-0.15, -0.1) is 0 Å². The van der Waals surface area contributed by atoms with Gasteiger partial charge in [0.05, 0.1) is 15.6 Å². The summed E-state index contributed by atoms with van der Waals surface area (Å²) in [5.74, 6) is 1.73. The summed E-state index contributed by atoms with van der Waals surface area (Å²) in [5.41, 5.74) is 8.32. The van der Waals surface area contributed by atoms with Crippen molar-refractivity contribution >= 4 is 21.7 Å². The molecular formula is C16H18BrN3. The highest BCUT2D eigenvalue weighted by Gasteiger charge is 2.49. The average Bonchev–Trinajstić information content (AvgIpc) is 3.24. The minimum atomic E-state index is -0.0281. The Morgan fingerprint density at radius 3 is 2.35 bits per heavy atom. The van der Waals surface area contributed by atoms with Crippen LogP contribution in [0.5, 0.6) is 0 Å². The minimum absolute atomic E-state index is 0.0281. The Morgan fingerprint density at radius 2 is 1.80 bits per heavy atom. The zero-order valence-corrected chi connectivity index (χ0v) is 13.3. The van der Waals surface area contributed by atoms with Gasteiger partial charge in [-0.25, -0.2) is 9.97 Å². The van der Waals surface area contributed by atoms with E-state index in [1.54, 1.807) is 0 Å². The van der Waals surface area contributed by atoms with E-state index in [2.05, 4.69) is 59.0 Å². The quantitative estimate of drug-likeness (QED) is 0.923. The van der Waals surface area contributed by atoms with Crippen molar-refractivity contribution < 1.29 is 0 Å². The van der Waals surface area contributed by atoms with Crippen LogP contribution in [0.25, 0.3) is 0 Å². The molecule has 0 bridgehead atoms. The number of hydrogen-bond acceptors (Lipinski definition) is 3. The third-order valence-electron chi connectivity index (χ3n) is 3.95. The second-order valence-electron chi connectivity index (χ2n) is 5.73. The fraction of sp³-hybridized carbons (Fsp3) is 0.375. The third kappa shape index (κ3) is 2.12. The number of halogens is 1. The Balaban J connectivity index is 2.12. The average molecular weight is 332 g/mol. The summed E-state index contributed by atoms with van der Waals surface area (Å²) in [7, 11) is 0. The molecule has 1 heterocycles. The molecule has 4 heteroatoms. The highest BCUT2D eigenvalue weighted by Crippen LogP contribution is 2.52. The van der Waals surface area contributed by atoms with E-state index in [0.717, 1.165) is 28.8 Å². The minimum Gasteiger partial charge on any atom is -0.383 e. The molecular weight excluding hydrogens is 314 g/mol. The maximum absolute atomic E-state index is 6.06. The molecule has 2 N–H and O–H groups in total. The van der Waals surface area contributed by atoms with Gasteiger partial charge in [0.15, 0.2) is 0 Å². The van der Waals surface area contributed by atoms with Crippen LogP contribution in [0.4, 0.5) is 5.82 Å². The third-order valence-corrected chi connectivity index (χ3v) is 4.77. The maximum atomic E-state index is 6.06. The van der Waals surface area contributed by atoms with Crippen LogP contribution in [0.3, 0.4) is 0 Å². The molecule has 104 valence electrons. The first kappa shape index (κ1) is 13.6. The SMILES string of the molecule is CC(C)c1nc(C2(c3ccccc3)CC2)nc(N)c1Br. The monoisotopic (exact) mass is 331 g/mol. The lowest BCUT2D eigenvalue weighted by molar-refractivity contribution is 0.714. The lowest BCUT2D eigenvalue weighted by atomic mass is 9.94. The molecule has 1 saturated carbocycles. The molecule has 3 nitrogen and oxygen atoms in total. The molecule has 0 radical (unpaired) electrons. The van der Waals surface area contributed by atoms with Gasteiger partial charge in [0, 0.05) is 0 Å². The predicted octanol–water partition coefficient (Wildman–Crippen LogP) is 4.02. The van der Waals surface area contributed by atoms with E-state index in [9.17, 15) is 0 Å². The van der Waals surface area contributed by atoms with Crippen LogP contribution < -0.4 is 5.73 Å². The molecule has 1 fully saturated rings. The normalized spacial score (nSPS) is 16.4. The molecule has 1 aliphatic carbocycles. The van der Waals surface area contributed by atoms with Crippen LogP contribution in [-0.2, 0) is 5.41 Å². The summed E-state index contributed by atoms with van der Waals surface area (Å²) in [4.78, 5) is 9.35. The summed E-state index contributed by atoms with van der Waals surface area (Å²) in [5, 5.41) is 0. The molecule has 2 aromatic rings. The number of aromatic nitrogens is 2. The first-order chi connectivity index (χ1) is 9.54. The van der Waals surface area contributed by atoms with E-state index in [1.807, 2.05) is 6.07 Å². The highest BCUT2D eigenvalue weighted by molar-refractivity contribution is 9.10. The largest absolute Gasteiger partial charge is 0.383 e. The first-order valence-electron chi connectivity index (χ1n) is 6.93. The number of benzene rings is 1. The van der Waals surface area contributed by atoms with Crippen LogP contribution in [0, 0.1) is 0 Å². The topological polar surface area (TPSA) is 51.8 Å². The van der Waals surface area contributed by atoms with Gasteiger partial charge in [-0.2, -0.15) is 0 Å². The summed E-state index contributed by atoms with van der Waals surface area (Å²) >= 11 is 3.51. The summed E-state index contributed by atoms with van der Waals surface area (Å²) < 4.78 is 0.833. The van der Waals surface area contributed by atoms with Gasteiger partial charge in [0.2, 0.25) is 0 Å². The van der Waals surface area contributed by atoms with Gasteiger partial charge in [0.1, 0.15) is 11.6 Å². The van der Waals surface area contributed by atoms with Crippen LogP contribution in [0.15, 0.2) is 34.8 Å². The first-order valence-corrected chi connectivity index (χ1v) is 7.73. The molecule has 20 heavy (non-hydrogen) atoms. The lowest BCUT2D eigenvalue weighted by Gasteiger charge is -2.18. The Morgan fingerprint density at radius 1 is 1.15 bits per heavy atom. The molecule has 3 rings (SSSR count). The van der Waals surface area contributed by atoms with E-state index in [1.165, 1.54) is 5.56 Å². The molecule has 0 unspecified atom stereocenters. The summed E-state index contributed by atoms with van der Waals surface area (Å²) in [6.07, 6.45) is 2.19. The van der Waals surface area contributed by atoms with E-state index in [-0.39, 0.29) is 5.41 Å². The predicted molar refractivity (Wildman–Crippen MR) is 84.7 cm³/mol. The van der Waals surface area contributed by atoms with Crippen molar-refractivity contribution in [1.29, 1.82) is 0 Å². The van der Waals surface area contributed by atoms with Gasteiger partial charge >= 0.3 is 0 Å². The molecule has 0 atom stereocenters. The number of rotatable bonds is 3. The number of anilines is 1. The van der Waals surface area contributed by atoms with E-state index in [4.69, 9.17) is 10.7 Å². The maximum Gasteiger partial charge on any atom is 0.141 e. The second-order valence-corrected chi connectivity index (χ2v) is 6.53. The molecule has 0 spiro atoms. The Hall–Kier alpha value is -1.42. The van der Waals surface area contributed by atoms with Crippen LogP contribution in [-0.4, -0.2) is 9.97 Å². The van der Waals surface area contributed by atoms with Crippen LogP contribution in [0.1, 0.15) is 49.7 Å². The van der Waals surface area contributed by atoms with Crippen molar-refractivity contribution in [2.24, 2.45) is 0 Å². The van der Waals surface area contributed by atoms with Gasteiger partial charge < -0.3 is 5.73 Å². The second kappa shape index (κ2) is 4.85. The van der Waals surface area contributed by atoms with Crippen molar-refractivity contribution in [3.8, 4) is 0 Å². The van der Waals surface area contributed by atoms with Crippen molar-refractivity contribution in [1.82, 2.24) is 9.97 Å². The Labute approximate surface area is 127 Å². The van der Waals surface area contributed by atoms with Gasteiger partial charge in [0.25, 0.3) is 0 Å². The van der Waals surface area contributed by atoms with Gasteiger partial charge in [-0.3, -0.25) is 0 Å². The fourth-order valence-electron chi connectivity index (χ4n) is 2.60. The highest BCUT2D eigenvalue weighted by atomic mass is 79.9. The summed E-state index contributed by atoms with van der Waals surface area (Å²) in [6, 6.07) is 10.5. The number of nitrogen functional groups attached to an aromatic ring is 1. The zero-order chi connectivity index (χ0) is 14.3. The van der Waals surface area contributed by atoms with Crippen molar-refractivity contribution in [2.75, 3.05) is 5.73 Å². The lowest BCUT2D eigenvalue weighted by Crippen LogP contribution is -2.17. The Bertz CT molecular complexity index is 634. The molecule has 0 aliphatic heterocycles. The van der Waals surface area contributed by atoms with E-state index in [0.29, 0.717) is 11.7 Å². The number of nitrogens with two attached hydrogens (primary N) is 1. The fourth-order valence-corrected chi connectivity index (χ4v) is 3.24. The standard InChI is InChI=1S/C16H18BrN3/c1-10(2)13-12(17)14(18)20-15(19-13)16(8-9-16)11-6-4-3-5-7-11/h3-7,10H,8-9H2,1-2H3,(H2,18,19,20). The summed E-state index contributed by atoms with van der Waals surface area (Å²) in [6.45, 7) is 4.25. The van der Waals surface area contributed by atoms with Crippen LogP contribution in [0.2, 0.25) is 0 Å². The van der Waals surface area contributed by atoms with E-state index < -0.39 is 0 Å². The van der Waals surface area contributed by atoms with Crippen molar-refractivity contribution in [3.63, 3.8) is 0 Å². The van der Waals surface area contributed by atoms with Crippen molar-refractivity contribution in [3.05, 3.63) is 51.9 Å².